The van der Waals surface area contributed by atoms with E-state index in [1.54, 1.807) is 6.92 Å². The van der Waals surface area contributed by atoms with Crippen LogP contribution in [0.1, 0.15) is 19.8 Å². The number of nitrogens with zero attached hydrogens (tertiary/aromatic N) is 1. The fourth-order valence-corrected chi connectivity index (χ4v) is 2.18. The van der Waals surface area contributed by atoms with E-state index in [0.717, 1.165) is 6.26 Å². The van der Waals surface area contributed by atoms with Gasteiger partial charge in [-0.15, -0.1) is 0 Å². The van der Waals surface area contributed by atoms with Crippen LogP contribution >= 0.6 is 0 Å². The van der Waals surface area contributed by atoms with Gasteiger partial charge in [-0.05, 0) is 19.8 Å². The summed E-state index contributed by atoms with van der Waals surface area (Å²) in [6, 6.07) is 0. The molecular weight excluding hydrogens is 218 g/mol. The van der Waals surface area contributed by atoms with Gasteiger partial charge in [0.05, 0.1) is 5.60 Å². The molecular formula is C9H17NO4S. The standard InChI is InChI=1S/C9H17NO4S/c1-9(12)3-5-10(6-4-9)8(11)7-15(2,13)14/h12H,3-7H2,1-2H3. The van der Waals surface area contributed by atoms with Crippen molar-refractivity contribution in [2.24, 2.45) is 0 Å². The van der Waals surface area contributed by atoms with Crippen molar-refractivity contribution in [3.63, 3.8) is 0 Å². The Kier molecular flexibility index (Phi) is 3.40. The molecule has 1 rings (SSSR count). The van der Waals surface area contributed by atoms with E-state index in [2.05, 4.69) is 0 Å². The predicted molar refractivity (Wildman–Crippen MR) is 56.1 cm³/mol. The van der Waals surface area contributed by atoms with E-state index < -0.39 is 21.2 Å². The fourth-order valence-electron chi connectivity index (χ4n) is 1.55. The molecule has 1 aliphatic heterocycles. The topological polar surface area (TPSA) is 74.7 Å². The van der Waals surface area contributed by atoms with Crippen molar-refractivity contribution in [2.75, 3.05) is 25.1 Å². The van der Waals surface area contributed by atoms with Crippen LogP contribution in [-0.2, 0) is 14.6 Å². The fraction of sp³-hybridized carbons (Fsp3) is 0.889. The molecule has 0 radical (unpaired) electrons. The number of sulfone groups is 1. The Morgan fingerprint density at radius 2 is 1.87 bits per heavy atom. The number of aliphatic hydroxyl groups is 1. The third kappa shape index (κ3) is 4.17. The highest BCUT2D eigenvalue weighted by atomic mass is 32.2. The SMILES string of the molecule is CC1(O)CCN(C(=O)CS(C)(=O)=O)CC1. The largest absolute Gasteiger partial charge is 0.390 e. The van der Waals surface area contributed by atoms with Crippen molar-refractivity contribution >= 4 is 15.7 Å². The lowest BCUT2D eigenvalue weighted by Gasteiger charge is -2.35. The number of hydrogen-bond donors (Lipinski definition) is 1. The van der Waals surface area contributed by atoms with Crippen LogP contribution in [0.25, 0.3) is 0 Å². The van der Waals surface area contributed by atoms with Gasteiger partial charge in [0.15, 0.2) is 9.84 Å². The van der Waals surface area contributed by atoms with Crippen molar-refractivity contribution in [3.8, 4) is 0 Å². The minimum Gasteiger partial charge on any atom is -0.390 e. The average Bonchev–Trinajstić information content (AvgIpc) is 2.00. The Morgan fingerprint density at radius 3 is 2.27 bits per heavy atom. The zero-order valence-corrected chi connectivity index (χ0v) is 9.88. The molecule has 0 atom stereocenters. The summed E-state index contributed by atoms with van der Waals surface area (Å²) in [5, 5.41) is 9.65. The van der Waals surface area contributed by atoms with Crippen LogP contribution in [0.15, 0.2) is 0 Å². The van der Waals surface area contributed by atoms with Crippen molar-refractivity contribution in [2.45, 2.75) is 25.4 Å². The van der Waals surface area contributed by atoms with Gasteiger partial charge in [-0.25, -0.2) is 8.42 Å². The van der Waals surface area contributed by atoms with Crippen LogP contribution in [0.2, 0.25) is 0 Å². The summed E-state index contributed by atoms with van der Waals surface area (Å²) < 4.78 is 21.8. The molecule has 0 aromatic carbocycles. The maximum absolute atomic E-state index is 11.5. The number of carbonyl (C=O) groups excluding carboxylic acids is 1. The van der Waals surface area contributed by atoms with Crippen molar-refractivity contribution < 1.29 is 18.3 Å². The van der Waals surface area contributed by atoms with Crippen molar-refractivity contribution in [3.05, 3.63) is 0 Å². The van der Waals surface area contributed by atoms with E-state index in [0.29, 0.717) is 25.9 Å². The van der Waals surface area contributed by atoms with E-state index in [1.807, 2.05) is 0 Å². The van der Waals surface area contributed by atoms with Gasteiger partial charge < -0.3 is 10.0 Å². The smallest absolute Gasteiger partial charge is 0.237 e. The van der Waals surface area contributed by atoms with Crippen LogP contribution in [0, 0.1) is 0 Å². The summed E-state index contributed by atoms with van der Waals surface area (Å²) in [7, 11) is -3.26. The van der Waals surface area contributed by atoms with Crippen LogP contribution in [0.5, 0.6) is 0 Å². The predicted octanol–water partition coefficient (Wildman–Crippen LogP) is -0.596. The van der Waals surface area contributed by atoms with Gasteiger partial charge in [-0.2, -0.15) is 0 Å². The van der Waals surface area contributed by atoms with Gasteiger partial charge in [0, 0.05) is 19.3 Å². The van der Waals surface area contributed by atoms with E-state index in [-0.39, 0.29) is 5.91 Å². The monoisotopic (exact) mass is 235 g/mol. The normalized spacial score (nSPS) is 21.4. The molecule has 6 heteroatoms. The second kappa shape index (κ2) is 4.09. The highest BCUT2D eigenvalue weighted by Crippen LogP contribution is 2.21. The molecule has 1 amide bonds. The second-order valence-corrected chi connectivity index (χ2v) is 6.59. The van der Waals surface area contributed by atoms with Crippen LogP contribution < -0.4 is 0 Å². The summed E-state index contributed by atoms with van der Waals surface area (Å²) in [5.74, 6) is -0.803. The Hall–Kier alpha value is -0.620. The molecule has 1 aliphatic rings. The Bertz CT molecular complexity index is 337. The van der Waals surface area contributed by atoms with Crippen LogP contribution in [0.3, 0.4) is 0 Å². The average molecular weight is 235 g/mol. The Balaban J connectivity index is 2.51. The highest BCUT2D eigenvalue weighted by molar-refractivity contribution is 7.91. The van der Waals surface area contributed by atoms with Crippen molar-refractivity contribution in [1.29, 1.82) is 0 Å². The number of likely N-dealkylation sites (tertiary alicyclic amines) is 1. The van der Waals surface area contributed by atoms with Gasteiger partial charge in [0.2, 0.25) is 5.91 Å². The van der Waals surface area contributed by atoms with E-state index in [9.17, 15) is 18.3 Å². The van der Waals surface area contributed by atoms with Gasteiger partial charge in [-0.3, -0.25) is 4.79 Å². The molecule has 0 spiro atoms. The third-order valence-corrected chi connectivity index (χ3v) is 3.35. The molecule has 0 saturated carbocycles. The van der Waals surface area contributed by atoms with Gasteiger partial charge in [-0.1, -0.05) is 0 Å². The van der Waals surface area contributed by atoms with E-state index in [1.165, 1.54) is 4.90 Å². The summed E-state index contributed by atoms with van der Waals surface area (Å²) in [6.07, 6.45) is 2.05. The zero-order valence-electron chi connectivity index (χ0n) is 9.06. The number of piperidine rings is 1. The first kappa shape index (κ1) is 12.4. The molecule has 15 heavy (non-hydrogen) atoms. The van der Waals surface area contributed by atoms with E-state index in [4.69, 9.17) is 0 Å². The van der Waals surface area contributed by atoms with Gasteiger partial charge in [0.1, 0.15) is 5.75 Å². The lowest BCUT2D eigenvalue weighted by Crippen LogP contribution is -2.46. The molecule has 1 saturated heterocycles. The summed E-state index contributed by atoms with van der Waals surface area (Å²) in [5.41, 5.74) is -0.720. The maximum atomic E-state index is 11.5. The van der Waals surface area contributed by atoms with Gasteiger partial charge >= 0.3 is 0 Å². The lowest BCUT2D eigenvalue weighted by atomic mass is 9.94. The second-order valence-electron chi connectivity index (χ2n) is 4.45. The molecule has 0 bridgehead atoms. The van der Waals surface area contributed by atoms with Crippen LogP contribution in [0.4, 0.5) is 0 Å². The molecule has 0 aromatic heterocycles. The van der Waals surface area contributed by atoms with Crippen molar-refractivity contribution in [1.82, 2.24) is 4.90 Å². The Labute approximate surface area is 90.0 Å². The molecule has 88 valence electrons. The number of carbonyl (C=O) groups is 1. The third-order valence-electron chi connectivity index (χ3n) is 2.58. The molecule has 1 N–H and O–H groups in total. The Morgan fingerprint density at radius 1 is 1.40 bits per heavy atom. The number of rotatable bonds is 2. The first-order valence-electron chi connectivity index (χ1n) is 4.87. The number of hydrogen-bond acceptors (Lipinski definition) is 4. The minimum atomic E-state index is -3.26. The summed E-state index contributed by atoms with van der Waals surface area (Å²) >= 11 is 0. The number of amides is 1. The molecule has 0 aromatic rings. The first-order valence-corrected chi connectivity index (χ1v) is 6.94. The zero-order chi connectivity index (χ0) is 11.7. The highest BCUT2D eigenvalue weighted by Gasteiger charge is 2.30. The van der Waals surface area contributed by atoms with Crippen LogP contribution in [-0.4, -0.2) is 55.0 Å². The van der Waals surface area contributed by atoms with E-state index >= 15 is 0 Å². The summed E-state index contributed by atoms with van der Waals surface area (Å²) in [6.45, 7) is 2.59. The quantitative estimate of drug-likeness (QED) is 0.694. The summed E-state index contributed by atoms with van der Waals surface area (Å²) in [4.78, 5) is 13.0. The lowest BCUT2D eigenvalue weighted by molar-refractivity contribution is -0.132. The molecule has 1 heterocycles. The molecule has 0 aliphatic carbocycles. The first-order chi connectivity index (χ1) is 6.70. The molecule has 5 nitrogen and oxygen atoms in total. The maximum Gasteiger partial charge on any atom is 0.237 e. The minimum absolute atomic E-state index is 0.368. The van der Waals surface area contributed by atoms with Gasteiger partial charge in [0.25, 0.3) is 0 Å². The molecule has 0 unspecified atom stereocenters. The molecule has 1 fully saturated rings.